The summed E-state index contributed by atoms with van der Waals surface area (Å²) in [5.41, 5.74) is 1.31. The second kappa shape index (κ2) is 3.91. The van der Waals surface area contributed by atoms with Gasteiger partial charge in [0.15, 0.2) is 0 Å². The lowest BCUT2D eigenvalue weighted by Gasteiger charge is -1.98. The number of hydrogen-bond donors (Lipinski definition) is 1. The summed E-state index contributed by atoms with van der Waals surface area (Å²) in [5.74, 6) is 0. The van der Waals surface area contributed by atoms with E-state index in [1.54, 1.807) is 22.8 Å². The molecule has 0 saturated carbocycles. The van der Waals surface area contributed by atoms with E-state index in [1.807, 2.05) is 12.1 Å². The highest BCUT2D eigenvalue weighted by atomic mass is 35.5. The van der Waals surface area contributed by atoms with Gasteiger partial charge >= 0.3 is 5.69 Å². The van der Waals surface area contributed by atoms with Crippen LogP contribution in [0.4, 0.5) is 0 Å². The molecule has 0 amide bonds. The molecule has 0 saturated heterocycles. The maximum Gasteiger partial charge on any atom is 0.331 e. The predicted octanol–water partition coefficient (Wildman–Crippen LogP) is 3.69. The molecule has 0 radical (unpaired) electrons. The van der Waals surface area contributed by atoms with Gasteiger partial charge in [0.2, 0.25) is 0 Å². The van der Waals surface area contributed by atoms with E-state index < -0.39 is 0 Å². The molecule has 3 nitrogen and oxygen atoms in total. The lowest BCUT2D eigenvalue weighted by Crippen LogP contribution is -2.13. The van der Waals surface area contributed by atoms with Crippen molar-refractivity contribution in [3.05, 3.63) is 50.2 Å². The van der Waals surface area contributed by atoms with Crippen LogP contribution in [-0.2, 0) is 0 Å². The van der Waals surface area contributed by atoms with Gasteiger partial charge in [-0.05, 0) is 30.3 Å². The molecule has 6 heteroatoms. The average molecular weight is 285 g/mol. The first kappa shape index (κ1) is 10.9. The van der Waals surface area contributed by atoms with Crippen molar-refractivity contribution in [3.63, 3.8) is 0 Å². The number of benzene rings is 1. The number of thiophene rings is 1. The van der Waals surface area contributed by atoms with Crippen molar-refractivity contribution in [3.8, 4) is 5.00 Å². The van der Waals surface area contributed by atoms with Crippen LogP contribution >= 0.6 is 34.5 Å². The number of halogens is 2. The summed E-state index contributed by atoms with van der Waals surface area (Å²) >= 11 is 13.1. The summed E-state index contributed by atoms with van der Waals surface area (Å²) in [6.07, 6.45) is 0. The van der Waals surface area contributed by atoms with Crippen LogP contribution in [0.5, 0.6) is 0 Å². The van der Waals surface area contributed by atoms with Gasteiger partial charge in [-0.3, -0.25) is 4.57 Å². The number of fused-ring (bicyclic) bond motifs is 1. The fourth-order valence-corrected chi connectivity index (χ4v) is 2.94. The summed E-state index contributed by atoms with van der Waals surface area (Å²) in [6.45, 7) is 0. The van der Waals surface area contributed by atoms with Crippen LogP contribution in [0.2, 0.25) is 9.36 Å². The van der Waals surface area contributed by atoms with Crippen molar-refractivity contribution in [1.82, 2.24) is 9.55 Å². The van der Waals surface area contributed by atoms with Crippen LogP contribution in [0.3, 0.4) is 0 Å². The fourth-order valence-electron chi connectivity index (χ4n) is 1.73. The van der Waals surface area contributed by atoms with Crippen LogP contribution < -0.4 is 5.69 Å². The second-order valence-corrected chi connectivity index (χ2v) is 5.63. The standard InChI is InChI=1S/C11H6Cl2N2OS/c12-6-1-2-8-7(5-6)14-11(16)15(8)10-4-3-9(13)17-10/h1-5H,(H,14,16). The maximum absolute atomic E-state index is 11.9. The number of nitrogens with one attached hydrogen (secondary N) is 1. The van der Waals surface area contributed by atoms with Crippen LogP contribution in [0, 0.1) is 0 Å². The second-order valence-electron chi connectivity index (χ2n) is 3.50. The third-order valence-electron chi connectivity index (χ3n) is 2.42. The minimum Gasteiger partial charge on any atom is -0.305 e. The van der Waals surface area contributed by atoms with Crippen LogP contribution in [0.15, 0.2) is 35.1 Å². The Labute approximate surface area is 110 Å². The third-order valence-corrected chi connectivity index (χ3v) is 3.88. The first-order chi connectivity index (χ1) is 8.15. The van der Waals surface area contributed by atoms with Crippen molar-refractivity contribution < 1.29 is 0 Å². The monoisotopic (exact) mass is 284 g/mol. The zero-order valence-electron chi connectivity index (χ0n) is 8.41. The number of nitrogens with zero attached hydrogens (tertiary/aromatic N) is 1. The molecule has 1 aromatic carbocycles. The molecule has 3 aromatic rings. The SMILES string of the molecule is O=c1[nH]c2cc(Cl)ccc2n1-c1ccc(Cl)s1. The first-order valence-corrected chi connectivity index (χ1v) is 6.38. The smallest absolute Gasteiger partial charge is 0.305 e. The molecule has 0 aliphatic rings. The Morgan fingerprint density at radius 1 is 1.18 bits per heavy atom. The Bertz CT molecular complexity index is 756. The molecule has 0 spiro atoms. The minimum atomic E-state index is -0.194. The van der Waals surface area contributed by atoms with Gasteiger partial charge in [-0.2, -0.15) is 0 Å². The molecule has 0 unspecified atom stereocenters. The van der Waals surface area contributed by atoms with Crippen molar-refractivity contribution in [1.29, 1.82) is 0 Å². The molecular weight excluding hydrogens is 279 g/mol. The Morgan fingerprint density at radius 3 is 2.71 bits per heavy atom. The van der Waals surface area contributed by atoms with E-state index in [9.17, 15) is 4.79 Å². The number of rotatable bonds is 1. The number of aromatic amines is 1. The highest BCUT2D eigenvalue weighted by Gasteiger charge is 2.10. The van der Waals surface area contributed by atoms with Gasteiger partial charge in [-0.25, -0.2) is 4.79 Å². The largest absolute Gasteiger partial charge is 0.331 e. The summed E-state index contributed by atoms with van der Waals surface area (Å²) < 4.78 is 2.23. The Hall–Kier alpha value is -1.23. The molecule has 0 atom stereocenters. The molecule has 0 bridgehead atoms. The van der Waals surface area contributed by atoms with E-state index >= 15 is 0 Å². The molecule has 3 rings (SSSR count). The van der Waals surface area contributed by atoms with Gasteiger partial charge in [0, 0.05) is 5.02 Å². The first-order valence-electron chi connectivity index (χ1n) is 4.81. The highest BCUT2D eigenvalue weighted by molar-refractivity contribution is 7.18. The Kier molecular flexibility index (Phi) is 2.50. The molecule has 2 heterocycles. The molecule has 2 aromatic heterocycles. The zero-order valence-corrected chi connectivity index (χ0v) is 10.7. The number of H-pyrrole nitrogens is 1. The molecule has 1 N–H and O–H groups in total. The number of hydrogen-bond acceptors (Lipinski definition) is 2. The zero-order chi connectivity index (χ0) is 12.0. The quantitative estimate of drug-likeness (QED) is 0.727. The number of aromatic nitrogens is 2. The minimum absolute atomic E-state index is 0.194. The molecule has 86 valence electrons. The lowest BCUT2D eigenvalue weighted by molar-refractivity contribution is 1.04. The van der Waals surface area contributed by atoms with Crippen LogP contribution in [0.25, 0.3) is 16.0 Å². The molecule has 0 aliphatic heterocycles. The van der Waals surface area contributed by atoms with Crippen molar-refractivity contribution in [2.45, 2.75) is 0 Å². The summed E-state index contributed by atoms with van der Waals surface area (Å²) in [6, 6.07) is 8.87. The molecule has 0 aliphatic carbocycles. The molecule has 17 heavy (non-hydrogen) atoms. The van der Waals surface area contributed by atoms with E-state index in [2.05, 4.69) is 4.98 Å². The Morgan fingerprint density at radius 2 is 2.00 bits per heavy atom. The predicted molar refractivity (Wildman–Crippen MR) is 71.8 cm³/mol. The van der Waals surface area contributed by atoms with Crippen molar-refractivity contribution >= 4 is 45.6 Å². The normalized spacial score (nSPS) is 11.2. The van der Waals surface area contributed by atoms with E-state index in [4.69, 9.17) is 23.2 Å². The van der Waals surface area contributed by atoms with E-state index in [0.717, 1.165) is 10.5 Å². The maximum atomic E-state index is 11.9. The summed E-state index contributed by atoms with van der Waals surface area (Å²) in [5, 5.41) is 1.38. The Balaban J connectivity index is 2.36. The molecule has 0 fully saturated rings. The van der Waals surface area contributed by atoms with Gasteiger partial charge in [0.1, 0.15) is 5.00 Å². The van der Waals surface area contributed by atoms with E-state index in [0.29, 0.717) is 14.9 Å². The number of imidazole rings is 1. The van der Waals surface area contributed by atoms with Crippen molar-refractivity contribution in [2.75, 3.05) is 0 Å². The topological polar surface area (TPSA) is 37.8 Å². The summed E-state index contributed by atoms with van der Waals surface area (Å²) in [4.78, 5) is 14.6. The van der Waals surface area contributed by atoms with Gasteiger partial charge < -0.3 is 4.98 Å². The average Bonchev–Trinajstić information content (AvgIpc) is 2.80. The van der Waals surface area contributed by atoms with E-state index in [1.165, 1.54) is 11.3 Å². The van der Waals surface area contributed by atoms with Crippen molar-refractivity contribution in [2.24, 2.45) is 0 Å². The highest BCUT2D eigenvalue weighted by Crippen LogP contribution is 2.27. The molecular formula is C11H6Cl2N2OS. The van der Waals surface area contributed by atoms with Gasteiger partial charge in [0.05, 0.1) is 15.4 Å². The van der Waals surface area contributed by atoms with Crippen LogP contribution in [0.1, 0.15) is 0 Å². The van der Waals surface area contributed by atoms with E-state index in [-0.39, 0.29) is 5.69 Å². The fraction of sp³-hybridized carbons (Fsp3) is 0. The van der Waals surface area contributed by atoms with Gasteiger partial charge in [-0.15, -0.1) is 11.3 Å². The van der Waals surface area contributed by atoms with Gasteiger partial charge in [0.25, 0.3) is 0 Å². The van der Waals surface area contributed by atoms with Gasteiger partial charge in [-0.1, -0.05) is 23.2 Å². The third kappa shape index (κ3) is 1.78. The van der Waals surface area contributed by atoms with Crippen LogP contribution in [-0.4, -0.2) is 9.55 Å². The summed E-state index contributed by atoms with van der Waals surface area (Å²) in [7, 11) is 0. The lowest BCUT2D eigenvalue weighted by atomic mass is 10.3.